The Labute approximate surface area is 111 Å². The van der Waals surface area contributed by atoms with Gasteiger partial charge in [-0.3, -0.25) is 0 Å². The minimum absolute atomic E-state index is 0.227. The molecule has 3 aromatic rings. The summed E-state index contributed by atoms with van der Waals surface area (Å²) in [6.45, 7) is 2.05. The van der Waals surface area contributed by atoms with E-state index in [-0.39, 0.29) is 5.82 Å². The highest BCUT2D eigenvalue weighted by atomic mass is 19.1. The van der Waals surface area contributed by atoms with Crippen molar-refractivity contribution in [1.82, 2.24) is 9.78 Å². The van der Waals surface area contributed by atoms with Crippen molar-refractivity contribution in [2.45, 2.75) is 6.92 Å². The van der Waals surface area contributed by atoms with Crippen LogP contribution >= 0.6 is 0 Å². The lowest BCUT2D eigenvalue weighted by atomic mass is 10.1. The first-order chi connectivity index (χ1) is 9.22. The predicted octanol–water partition coefficient (Wildman–Crippen LogP) is 3.99. The number of aromatic nitrogens is 2. The average Bonchev–Trinajstić information content (AvgIpc) is 2.89. The first-order valence-corrected chi connectivity index (χ1v) is 6.10. The summed E-state index contributed by atoms with van der Waals surface area (Å²) in [4.78, 5) is 0. The molecule has 0 bridgehead atoms. The molecule has 2 nitrogen and oxygen atoms in total. The van der Waals surface area contributed by atoms with Crippen LogP contribution in [-0.4, -0.2) is 9.78 Å². The second-order valence-corrected chi connectivity index (χ2v) is 4.52. The highest BCUT2D eigenvalue weighted by Crippen LogP contribution is 2.20. The van der Waals surface area contributed by atoms with E-state index in [0.29, 0.717) is 0 Å². The van der Waals surface area contributed by atoms with Crippen LogP contribution in [0.4, 0.5) is 4.39 Å². The van der Waals surface area contributed by atoms with Gasteiger partial charge in [-0.05, 0) is 42.3 Å². The maximum atomic E-state index is 12.9. The zero-order chi connectivity index (χ0) is 13.2. The summed E-state index contributed by atoms with van der Waals surface area (Å²) < 4.78 is 14.7. The molecule has 0 aliphatic rings. The molecule has 19 heavy (non-hydrogen) atoms. The molecule has 0 aliphatic heterocycles. The summed E-state index contributed by atoms with van der Waals surface area (Å²) in [5.74, 6) is -0.227. The number of hydrogen-bond donors (Lipinski definition) is 0. The first kappa shape index (κ1) is 11.7. The minimum Gasteiger partial charge on any atom is -0.240 e. The third-order valence-electron chi connectivity index (χ3n) is 3.03. The van der Waals surface area contributed by atoms with E-state index in [1.165, 1.54) is 17.7 Å². The first-order valence-electron chi connectivity index (χ1n) is 6.10. The third kappa shape index (κ3) is 2.40. The summed E-state index contributed by atoms with van der Waals surface area (Å²) >= 11 is 0. The number of benzene rings is 2. The lowest BCUT2D eigenvalue weighted by Gasteiger charge is -2.01. The van der Waals surface area contributed by atoms with Crippen LogP contribution in [0.15, 0.2) is 60.9 Å². The van der Waals surface area contributed by atoms with Gasteiger partial charge < -0.3 is 0 Å². The topological polar surface area (TPSA) is 17.8 Å². The van der Waals surface area contributed by atoms with E-state index in [2.05, 4.69) is 11.2 Å². The molecule has 0 spiro atoms. The normalized spacial score (nSPS) is 10.6. The molecule has 94 valence electrons. The fraction of sp³-hybridized carbons (Fsp3) is 0.0625. The van der Waals surface area contributed by atoms with Gasteiger partial charge in [-0.15, -0.1) is 0 Å². The molecule has 0 radical (unpaired) electrons. The van der Waals surface area contributed by atoms with Gasteiger partial charge in [-0.25, -0.2) is 9.07 Å². The Balaban J connectivity index is 1.97. The van der Waals surface area contributed by atoms with Crippen LogP contribution in [0.2, 0.25) is 0 Å². The average molecular weight is 252 g/mol. The molecule has 0 atom stereocenters. The van der Waals surface area contributed by atoms with Gasteiger partial charge in [0.05, 0.1) is 11.9 Å². The maximum absolute atomic E-state index is 12.9. The molecule has 1 heterocycles. The molecule has 0 unspecified atom stereocenters. The fourth-order valence-corrected chi connectivity index (χ4v) is 2.03. The number of hydrogen-bond acceptors (Lipinski definition) is 1. The van der Waals surface area contributed by atoms with Crippen molar-refractivity contribution in [3.63, 3.8) is 0 Å². The standard InChI is InChI=1S/C16H13FN2/c1-12-3-2-4-16(9-12)19-11-14(10-18-19)13-5-7-15(17)8-6-13/h2-11H,1H3. The molecule has 0 saturated heterocycles. The Kier molecular flexibility index (Phi) is 2.88. The van der Waals surface area contributed by atoms with Crippen LogP contribution in [0.25, 0.3) is 16.8 Å². The number of halogens is 1. The lowest BCUT2D eigenvalue weighted by molar-refractivity contribution is 0.628. The Hall–Kier alpha value is -2.42. The van der Waals surface area contributed by atoms with Crippen molar-refractivity contribution in [3.8, 4) is 16.8 Å². The van der Waals surface area contributed by atoms with E-state index in [4.69, 9.17) is 0 Å². The molecule has 2 aromatic carbocycles. The monoisotopic (exact) mass is 252 g/mol. The molecular formula is C16H13FN2. The molecule has 0 amide bonds. The van der Waals surface area contributed by atoms with Crippen molar-refractivity contribution in [2.75, 3.05) is 0 Å². The Morgan fingerprint density at radius 2 is 1.79 bits per heavy atom. The van der Waals surface area contributed by atoms with Gasteiger partial charge in [0.25, 0.3) is 0 Å². The van der Waals surface area contributed by atoms with Gasteiger partial charge in [0.15, 0.2) is 0 Å². The number of rotatable bonds is 2. The minimum atomic E-state index is -0.227. The molecular weight excluding hydrogens is 239 g/mol. The molecule has 1 aromatic heterocycles. The SMILES string of the molecule is Cc1cccc(-n2cc(-c3ccc(F)cc3)cn2)c1. The van der Waals surface area contributed by atoms with E-state index in [0.717, 1.165) is 16.8 Å². The molecule has 0 aliphatic carbocycles. The van der Waals surface area contributed by atoms with E-state index in [1.54, 1.807) is 18.3 Å². The van der Waals surface area contributed by atoms with Crippen LogP contribution < -0.4 is 0 Å². The third-order valence-corrected chi connectivity index (χ3v) is 3.03. The quantitative estimate of drug-likeness (QED) is 0.674. The van der Waals surface area contributed by atoms with E-state index < -0.39 is 0 Å². The van der Waals surface area contributed by atoms with E-state index >= 15 is 0 Å². The van der Waals surface area contributed by atoms with Crippen molar-refractivity contribution >= 4 is 0 Å². The summed E-state index contributed by atoms with van der Waals surface area (Å²) in [7, 11) is 0. The number of aryl methyl sites for hydroxylation is 1. The van der Waals surface area contributed by atoms with E-state index in [9.17, 15) is 4.39 Å². The molecule has 0 saturated carbocycles. The van der Waals surface area contributed by atoms with Gasteiger partial charge in [-0.1, -0.05) is 24.3 Å². The van der Waals surface area contributed by atoms with Gasteiger partial charge in [0.1, 0.15) is 5.82 Å². The number of nitrogens with zero attached hydrogens (tertiary/aromatic N) is 2. The van der Waals surface area contributed by atoms with E-state index in [1.807, 2.05) is 36.0 Å². The fourth-order valence-electron chi connectivity index (χ4n) is 2.03. The molecule has 0 fully saturated rings. The van der Waals surface area contributed by atoms with Gasteiger partial charge in [0, 0.05) is 11.8 Å². The van der Waals surface area contributed by atoms with Crippen molar-refractivity contribution in [3.05, 3.63) is 72.3 Å². The second kappa shape index (κ2) is 4.69. The second-order valence-electron chi connectivity index (χ2n) is 4.52. The zero-order valence-electron chi connectivity index (χ0n) is 10.5. The summed E-state index contributed by atoms with van der Waals surface area (Å²) in [5, 5.41) is 4.35. The molecule has 3 heteroatoms. The molecule has 3 rings (SSSR count). The summed E-state index contributed by atoms with van der Waals surface area (Å²) in [6.07, 6.45) is 3.73. The maximum Gasteiger partial charge on any atom is 0.123 e. The van der Waals surface area contributed by atoms with Crippen LogP contribution in [0.3, 0.4) is 0 Å². The zero-order valence-corrected chi connectivity index (χ0v) is 10.5. The van der Waals surface area contributed by atoms with Gasteiger partial charge in [-0.2, -0.15) is 5.10 Å². The van der Waals surface area contributed by atoms with Crippen molar-refractivity contribution < 1.29 is 4.39 Å². The van der Waals surface area contributed by atoms with Crippen molar-refractivity contribution in [1.29, 1.82) is 0 Å². The molecule has 0 N–H and O–H groups in total. The highest BCUT2D eigenvalue weighted by molar-refractivity contribution is 5.62. The lowest BCUT2D eigenvalue weighted by Crippen LogP contribution is -1.93. The largest absolute Gasteiger partial charge is 0.240 e. The van der Waals surface area contributed by atoms with Crippen LogP contribution in [0, 0.1) is 12.7 Å². The summed E-state index contributed by atoms with van der Waals surface area (Å²) in [6, 6.07) is 14.6. The van der Waals surface area contributed by atoms with Gasteiger partial charge in [0.2, 0.25) is 0 Å². The predicted molar refractivity (Wildman–Crippen MR) is 73.7 cm³/mol. The van der Waals surface area contributed by atoms with Crippen molar-refractivity contribution in [2.24, 2.45) is 0 Å². The summed E-state index contributed by atoms with van der Waals surface area (Å²) in [5.41, 5.74) is 4.14. The Bertz CT molecular complexity index is 699. The van der Waals surface area contributed by atoms with Crippen LogP contribution in [0.5, 0.6) is 0 Å². The smallest absolute Gasteiger partial charge is 0.123 e. The Morgan fingerprint density at radius 3 is 2.53 bits per heavy atom. The van der Waals surface area contributed by atoms with Gasteiger partial charge >= 0.3 is 0 Å². The van der Waals surface area contributed by atoms with Crippen LogP contribution in [-0.2, 0) is 0 Å². The Morgan fingerprint density at radius 1 is 1.00 bits per heavy atom. The highest BCUT2D eigenvalue weighted by Gasteiger charge is 2.03. The van der Waals surface area contributed by atoms with Crippen LogP contribution in [0.1, 0.15) is 5.56 Å².